The van der Waals surface area contributed by atoms with Gasteiger partial charge in [-0.3, -0.25) is 4.79 Å². The lowest BCUT2D eigenvalue weighted by Crippen LogP contribution is -2.14. The van der Waals surface area contributed by atoms with Gasteiger partial charge in [0.25, 0.3) is 5.91 Å². The van der Waals surface area contributed by atoms with Crippen LogP contribution in [0.2, 0.25) is 5.02 Å². The van der Waals surface area contributed by atoms with Crippen LogP contribution >= 0.6 is 11.6 Å². The van der Waals surface area contributed by atoms with Crippen molar-refractivity contribution < 1.29 is 9.18 Å². The van der Waals surface area contributed by atoms with E-state index in [-0.39, 0.29) is 11.3 Å². The average Bonchev–Trinajstić information content (AvgIpc) is 3.12. The molecule has 31 heavy (non-hydrogen) atoms. The molecule has 6 heteroatoms. The Kier molecular flexibility index (Phi) is 5.83. The number of nitrogens with zero attached hydrogens (tertiary/aromatic N) is 2. The number of hydrogen-bond donors (Lipinski definition) is 1. The molecule has 0 fully saturated rings. The molecule has 0 saturated carbocycles. The van der Waals surface area contributed by atoms with Crippen LogP contribution in [-0.2, 0) is 11.3 Å². The van der Waals surface area contributed by atoms with Crippen LogP contribution in [0.25, 0.3) is 17.0 Å². The highest BCUT2D eigenvalue weighted by atomic mass is 35.5. The van der Waals surface area contributed by atoms with Crippen molar-refractivity contribution in [1.29, 1.82) is 5.26 Å². The molecule has 0 unspecified atom stereocenters. The van der Waals surface area contributed by atoms with Gasteiger partial charge < -0.3 is 9.88 Å². The molecule has 4 aromatic rings. The van der Waals surface area contributed by atoms with Crippen LogP contribution in [0.3, 0.4) is 0 Å². The zero-order valence-electron chi connectivity index (χ0n) is 16.3. The van der Waals surface area contributed by atoms with Gasteiger partial charge in [0.1, 0.15) is 17.5 Å². The Morgan fingerprint density at radius 2 is 1.77 bits per heavy atom. The highest BCUT2D eigenvalue weighted by molar-refractivity contribution is 6.31. The van der Waals surface area contributed by atoms with Gasteiger partial charge in [-0.1, -0.05) is 60.1 Å². The quantitative estimate of drug-likeness (QED) is 0.311. The number of fused-ring (bicyclic) bond motifs is 1. The SMILES string of the molecule is N#C/C(=C/c1cn(Cc2ccccc2Cl)c2ccccc12)C(=O)Nc1ccccc1F. The Labute approximate surface area is 183 Å². The van der Waals surface area contributed by atoms with Crippen LogP contribution in [-0.4, -0.2) is 10.5 Å². The maximum Gasteiger partial charge on any atom is 0.266 e. The number of anilines is 1. The van der Waals surface area contributed by atoms with Gasteiger partial charge in [0.15, 0.2) is 0 Å². The van der Waals surface area contributed by atoms with Crippen molar-refractivity contribution in [2.75, 3.05) is 5.32 Å². The molecule has 1 amide bonds. The normalized spacial score (nSPS) is 11.3. The number of nitriles is 1. The molecule has 4 nitrogen and oxygen atoms in total. The van der Waals surface area contributed by atoms with E-state index in [1.165, 1.54) is 24.3 Å². The highest BCUT2D eigenvalue weighted by Crippen LogP contribution is 2.26. The summed E-state index contributed by atoms with van der Waals surface area (Å²) in [4.78, 5) is 12.6. The van der Waals surface area contributed by atoms with Crippen molar-refractivity contribution in [1.82, 2.24) is 4.57 Å². The molecule has 1 N–H and O–H groups in total. The number of hydrogen-bond acceptors (Lipinski definition) is 2. The summed E-state index contributed by atoms with van der Waals surface area (Å²) in [7, 11) is 0. The minimum Gasteiger partial charge on any atom is -0.342 e. The Bertz CT molecular complexity index is 1350. The highest BCUT2D eigenvalue weighted by Gasteiger charge is 2.14. The van der Waals surface area contributed by atoms with E-state index in [4.69, 9.17) is 11.6 Å². The smallest absolute Gasteiger partial charge is 0.266 e. The van der Waals surface area contributed by atoms with E-state index < -0.39 is 11.7 Å². The van der Waals surface area contributed by atoms with E-state index in [0.717, 1.165) is 16.5 Å². The Morgan fingerprint density at radius 1 is 1.06 bits per heavy atom. The summed E-state index contributed by atoms with van der Waals surface area (Å²) >= 11 is 6.32. The number of halogens is 2. The first-order chi connectivity index (χ1) is 15.1. The van der Waals surface area contributed by atoms with Crippen LogP contribution in [0, 0.1) is 17.1 Å². The second-order valence-electron chi connectivity index (χ2n) is 6.92. The summed E-state index contributed by atoms with van der Waals surface area (Å²) in [5.41, 5.74) is 2.51. The molecule has 0 aliphatic carbocycles. The molecular formula is C25H17ClFN3O. The average molecular weight is 430 g/mol. The minimum absolute atomic E-state index is 0.0230. The molecule has 0 atom stereocenters. The van der Waals surface area contributed by atoms with Gasteiger partial charge in [-0.25, -0.2) is 4.39 Å². The first-order valence-electron chi connectivity index (χ1n) is 9.56. The number of aromatic nitrogens is 1. The largest absolute Gasteiger partial charge is 0.342 e. The Balaban J connectivity index is 1.71. The standard InChI is InChI=1S/C25H17ClFN3O/c26-21-9-3-1-7-17(21)15-30-16-19(20-8-2-6-12-24(20)30)13-18(14-28)25(31)29-23-11-5-4-10-22(23)27/h1-13,16H,15H2,(H,29,31)/b18-13-. The zero-order valence-corrected chi connectivity index (χ0v) is 17.1. The molecule has 1 heterocycles. The number of amides is 1. The third kappa shape index (κ3) is 4.35. The number of carbonyl (C=O) groups excluding carboxylic acids is 1. The molecule has 0 bridgehead atoms. The molecule has 0 spiro atoms. The zero-order chi connectivity index (χ0) is 21.8. The number of nitrogens with one attached hydrogen (secondary N) is 1. The molecule has 3 aromatic carbocycles. The monoisotopic (exact) mass is 429 g/mol. The van der Waals surface area contributed by atoms with Crippen molar-refractivity contribution in [2.24, 2.45) is 0 Å². The van der Waals surface area contributed by atoms with Gasteiger partial charge in [0, 0.05) is 34.2 Å². The Morgan fingerprint density at radius 3 is 2.55 bits per heavy atom. The van der Waals surface area contributed by atoms with Crippen LogP contribution in [0.15, 0.2) is 84.6 Å². The lowest BCUT2D eigenvalue weighted by atomic mass is 10.1. The summed E-state index contributed by atoms with van der Waals surface area (Å²) < 4.78 is 15.9. The van der Waals surface area contributed by atoms with Gasteiger partial charge in [-0.05, 0) is 35.9 Å². The predicted molar refractivity (Wildman–Crippen MR) is 121 cm³/mol. The second kappa shape index (κ2) is 8.86. The van der Waals surface area contributed by atoms with Gasteiger partial charge in [-0.2, -0.15) is 5.26 Å². The summed E-state index contributed by atoms with van der Waals surface area (Å²) in [6.45, 7) is 0.539. The van der Waals surface area contributed by atoms with Crippen LogP contribution in [0.1, 0.15) is 11.1 Å². The topological polar surface area (TPSA) is 57.8 Å². The number of carbonyl (C=O) groups is 1. The second-order valence-corrected chi connectivity index (χ2v) is 7.33. The summed E-state index contributed by atoms with van der Waals surface area (Å²) in [5, 5.41) is 13.6. The number of benzene rings is 3. The molecule has 0 saturated heterocycles. The van der Waals surface area contributed by atoms with E-state index in [0.29, 0.717) is 17.1 Å². The van der Waals surface area contributed by atoms with Gasteiger partial charge in [0.2, 0.25) is 0 Å². The molecular weight excluding hydrogens is 413 g/mol. The van der Waals surface area contributed by atoms with Gasteiger partial charge >= 0.3 is 0 Å². The fraction of sp³-hybridized carbons (Fsp3) is 0.0400. The van der Waals surface area contributed by atoms with Crippen molar-refractivity contribution in [2.45, 2.75) is 6.54 Å². The van der Waals surface area contributed by atoms with E-state index in [1.54, 1.807) is 6.07 Å². The van der Waals surface area contributed by atoms with E-state index >= 15 is 0 Å². The fourth-order valence-corrected chi connectivity index (χ4v) is 3.58. The summed E-state index contributed by atoms with van der Waals surface area (Å²) in [6, 6.07) is 23.0. The Hall–Kier alpha value is -3.88. The molecule has 0 aliphatic rings. The van der Waals surface area contributed by atoms with Crippen LogP contribution in [0.5, 0.6) is 0 Å². The molecule has 4 rings (SSSR count). The maximum atomic E-state index is 13.9. The molecule has 0 aliphatic heterocycles. The van der Waals surface area contributed by atoms with Gasteiger partial charge in [0.05, 0.1) is 5.69 Å². The van der Waals surface area contributed by atoms with Crippen LogP contribution < -0.4 is 5.32 Å². The molecule has 1 aromatic heterocycles. The first kappa shape index (κ1) is 20.4. The van der Waals surface area contributed by atoms with Gasteiger partial charge in [-0.15, -0.1) is 0 Å². The van der Waals surface area contributed by atoms with E-state index in [9.17, 15) is 14.4 Å². The fourth-order valence-electron chi connectivity index (χ4n) is 3.39. The number of para-hydroxylation sites is 2. The van der Waals surface area contributed by atoms with E-state index in [2.05, 4.69) is 5.32 Å². The predicted octanol–water partition coefficient (Wildman–Crippen LogP) is 6.03. The lowest BCUT2D eigenvalue weighted by molar-refractivity contribution is -0.112. The number of rotatable bonds is 5. The third-order valence-electron chi connectivity index (χ3n) is 4.90. The third-order valence-corrected chi connectivity index (χ3v) is 5.27. The van der Waals surface area contributed by atoms with Crippen LogP contribution in [0.4, 0.5) is 10.1 Å². The summed E-state index contributed by atoms with van der Waals surface area (Å²) in [6.07, 6.45) is 3.39. The van der Waals surface area contributed by atoms with Crippen molar-refractivity contribution in [3.05, 3.63) is 107 Å². The van der Waals surface area contributed by atoms with Crippen molar-refractivity contribution in [3.8, 4) is 6.07 Å². The first-order valence-corrected chi connectivity index (χ1v) is 9.93. The van der Waals surface area contributed by atoms with Crippen molar-refractivity contribution >= 4 is 40.2 Å². The maximum absolute atomic E-state index is 13.9. The van der Waals surface area contributed by atoms with Crippen molar-refractivity contribution in [3.63, 3.8) is 0 Å². The van der Waals surface area contributed by atoms with E-state index in [1.807, 2.05) is 65.4 Å². The summed E-state index contributed by atoms with van der Waals surface area (Å²) in [5.74, 6) is -1.24. The minimum atomic E-state index is -0.671. The molecule has 152 valence electrons. The molecule has 0 radical (unpaired) electrons. The lowest BCUT2D eigenvalue weighted by Gasteiger charge is -2.07.